The third kappa shape index (κ3) is 117. The minimum absolute atomic E-state index is 0. The number of amides is 2. The lowest BCUT2D eigenvalue weighted by atomic mass is 10.2. The molecule has 3 unspecified atom stereocenters. The molecule has 95 heavy (non-hydrogen) atoms. The van der Waals surface area contributed by atoms with Gasteiger partial charge in [0.05, 0.1) is 39.6 Å². The van der Waals surface area contributed by atoms with Gasteiger partial charge in [-0.05, 0) is 84.2 Å². The second-order valence-corrected chi connectivity index (χ2v) is 20.7. The summed E-state index contributed by atoms with van der Waals surface area (Å²) in [6, 6.07) is 10.3. The predicted octanol–water partition coefficient (Wildman–Crippen LogP) is 17.3. The van der Waals surface area contributed by atoms with Gasteiger partial charge in [0.2, 0.25) is 5.91 Å². The number of hydrogen-bond donors (Lipinski definition) is 4. The number of nitrogens with two attached hydrogens (primary N) is 2. The third-order valence-corrected chi connectivity index (χ3v) is 12.4. The normalized spacial score (nSPS) is 10.1. The number of benzene rings is 1. The molecule has 0 bridgehead atoms. The van der Waals surface area contributed by atoms with E-state index >= 15 is 0 Å². The van der Waals surface area contributed by atoms with Crippen LogP contribution in [0.15, 0.2) is 65.7 Å². The van der Waals surface area contributed by atoms with Crippen LogP contribution in [0.1, 0.15) is 77.8 Å². The predicted molar refractivity (Wildman–Crippen MR) is 344 cm³/mol. The van der Waals surface area contributed by atoms with E-state index in [4.69, 9.17) is 137 Å². The Labute approximate surface area is 558 Å². The largest absolute Gasteiger partial charge is 0.385 e. The van der Waals surface area contributed by atoms with E-state index < -0.39 is 5.91 Å². The van der Waals surface area contributed by atoms with E-state index in [1.165, 1.54) is 6.08 Å². The van der Waals surface area contributed by atoms with Gasteiger partial charge in [0.15, 0.2) is 0 Å². The van der Waals surface area contributed by atoms with Gasteiger partial charge in [0.25, 0.3) is 5.91 Å². The first-order valence-electron chi connectivity index (χ1n) is 27.6. The number of carbonyl (C=O) groups is 2. The molecule has 1 aromatic carbocycles. The first-order chi connectivity index (χ1) is 46.0. The van der Waals surface area contributed by atoms with Crippen LogP contribution in [0.3, 0.4) is 0 Å². The summed E-state index contributed by atoms with van der Waals surface area (Å²) in [4.78, 5) is 32.2. The highest BCUT2D eigenvalue weighted by molar-refractivity contribution is 7.99. The summed E-state index contributed by atoms with van der Waals surface area (Å²) in [5.41, 5.74) is 21.3. The molecule has 0 saturated carbocycles. The van der Waals surface area contributed by atoms with Crippen molar-refractivity contribution in [1.82, 2.24) is 15.6 Å². The molecule has 40 heteroatoms. The highest BCUT2D eigenvalue weighted by Crippen LogP contribution is 2.14. The fraction of sp³-hybridized carbons (Fsp3) is 0.691. The molecule has 2 rings (SSSR count). The Morgan fingerprint density at radius 1 is 0.558 bits per heavy atom. The number of ether oxygens (including phenoxy) is 8. The van der Waals surface area contributed by atoms with Crippen LogP contribution in [0.25, 0.3) is 22.6 Å². The van der Waals surface area contributed by atoms with Crippen molar-refractivity contribution >= 4 is 64.9 Å². The van der Waals surface area contributed by atoms with Crippen molar-refractivity contribution in [2.45, 2.75) is 66.7 Å². The van der Waals surface area contributed by atoms with Crippen LogP contribution in [0.5, 0.6) is 0 Å². The molecule has 18 nitrogen and oxygen atoms in total. The number of aromatic nitrogens is 1. The van der Waals surface area contributed by atoms with E-state index in [0.717, 1.165) is 138 Å². The van der Waals surface area contributed by atoms with Crippen molar-refractivity contribution in [2.75, 3.05) is 162 Å². The van der Waals surface area contributed by atoms with Crippen LogP contribution in [-0.4, -0.2) is 179 Å². The maximum Gasteiger partial charge on any atom is 0.267 e. The molecule has 572 valence electrons. The van der Waals surface area contributed by atoms with Gasteiger partial charge < -0.3 is 60.0 Å². The van der Waals surface area contributed by atoms with Crippen molar-refractivity contribution in [3.63, 3.8) is 0 Å². The fourth-order valence-corrected chi connectivity index (χ4v) is 7.85. The number of hydrogen-bond acceptors (Lipinski definition) is 17. The lowest BCUT2D eigenvalue weighted by molar-refractivity contribution is -0.121. The second-order valence-electron chi connectivity index (χ2n) is 17.1. The summed E-state index contributed by atoms with van der Waals surface area (Å²) in [6.45, 7) is 21.3. The zero-order valence-electron chi connectivity index (χ0n) is 55.2. The molecule has 0 fully saturated rings. The molecule has 1 heterocycles. The van der Waals surface area contributed by atoms with Gasteiger partial charge in [-0.15, -0.1) is 0 Å². The number of nitrogens with zero attached hydrogens (tertiary/aromatic N) is 4. The van der Waals surface area contributed by atoms with Gasteiger partial charge in [0, 0.05) is 235 Å². The van der Waals surface area contributed by atoms with Crippen LogP contribution < -0.4 is 22.1 Å². The van der Waals surface area contributed by atoms with Gasteiger partial charge in [-0.25, -0.2) is 0 Å². The van der Waals surface area contributed by atoms with Gasteiger partial charge in [-0.3, -0.25) is 19.3 Å². The second kappa shape index (κ2) is 126. The lowest BCUT2D eigenvalue weighted by Crippen LogP contribution is -2.35. The Bertz CT molecular complexity index is 1700. The minimum atomic E-state index is -0.455. The first-order valence-corrected chi connectivity index (χ1v) is 31.1. The third-order valence-electron chi connectivity index (χ3n) is 9.14. The minimum Gasteiger partial charge on any atom is -0.385 e. The molecule has 0 aliphatic carbocycles. The Hall–Kier alpha value is -4.58. The van der Waals surface area contributed by atoms with Crippen molar-refractivity contribution in [1.29, 1.82) is 0 Å². The zero-order valence-corrected chi connectivity index (χ0v) is 57.7. The SMILES string of the molecule is CCCOC.CCCOC.COCC(C)COCCCSCCN.COCC(C)COCCCSCCN.COCC(C)COCCCSCCNC(=O)/C(=C\c1cccnc1)NC(=O)/C=C/c1ccc(N=[N+]=[N-])cc1.F.FF.FF.FF.FF.FF.FF.FF.FF.FF. The first kappa shape index (κ1) is 121. The van der Waals surface area contributed by atoms with Crippen molar-refractivity contribution < 1.29 is 135 Å². The average molecular weight is 1490 g/mol. The number of nitrogens with one attached hydrogen (secondary N) is 2. The summed E-state index contributed by atoms with van der Waals surface area (Å²) in [7, 11) is 8.55. The Morgan fingerprint density at radius 2 is 0.937 bits per heavy atom. The smallest absolute Gasteiger partial charge is 0.267 e. The number of carbonyl (C=O) groups excluding carboxylic acids is 2. The Balaban J connectivity index is -0.0000000888. The van der Waals surface area contributed by atoms with Crippen LogP contribution >= 0.6 is 35.3 Å². The number of pyridine rings is 1. The molecule has 2 amide bonds. The number of methoxy groups -OCH3 is 5. The van der Waals surface area contributed by atoms with E-state index in [1.807, 2.05) is 23.5 Å². The topological polar surface area (TPSA) is 246 Å². The lowest BCUT2D eigenvalue weighted by Gasteiger charge is -2.11. The van der Waals surface area contributed by atoms with Crippen molar-refractivity contribution in [3.8, 4) is 0 Å². The highest BCUT2D eigenvalue weighted by Gasteiger charge is 2.12. The molecule has 0 spiro atoms. The van der Waals surface area contributed by atoms with Crippen LogP contribution in [0.4, 0.5) is 92.7 Å². The Kier molecular flexibility index (Phi) is 160. The van der Waals surface area contributed by atoms with Crippen LogP contribution in [-0.2, 0) is 47.5 Å². The number of halogens is 19. The van der Waals surface area contributed by atoms with Crippen molar-refractivity contribution in [3.05, 3.63) is 82.1 Å². The van der Waals surface area contributed by atoms with E-state index in [2.05, 4.69) is 60.3 Å². The number of thioether (sulfide) groups is 3. The van der Waals surface area contributed by atoms with Gasteiger partial charge in [0.1, 0.15) is 5.70 Å². The quantitative estimate of drug-likeness (QED) is 0.0121. The average Bonchev–Trinajstić information content (AvgIpc) is 1.03. The zero-order chi connectivity index (χ0) is 75.0. The molecule has 1 aromatic heterocycles. The molecular formula is C55H101F19N8O10S3. The molecule has 0 saturated heterocycles. The molecule has 6 N–H and O–H groups in total. The molecule has 0 aliphatic heterocycles. The Morgan fingerprint density at radius 3 is 1.24 bits per heavy atom. The summed E-state index contributed by atoms with van der Waals surface area (Å²) < 4.78 is 185. The highest BCUT2D eigenvalue weighted by atomic mass is 32.2. The summed E-state index contributed by atoms with van der Waals surface area (Å²) in [5.74, 6) is 6.61. The number of rotatable bonds is 41. The maximum atomic E-state index is 12.8. The maximum absolute atomic E-state index is 12.8. The number of azide groups is 1. The van der Waals surface area contributed by atoms with E-state index in [-0.39, 0.29) is 16.3 Å². The fourth-order valence-electron chi connectivity index (χ4n) is 5.69. The monoisotopic (exact) mass is 1490 g/mol. The summed E-state index contributed by atoms with van der Waals surface area (Å²) >= 11 is 5.52. The van der Waals surface area contributed by atoms with Crippen LogP contribution in [0.2, 0.25) is 0 Å². The molecule has 2 aromatic rings. The van der Waals surface area contributed by atoms with E-state index in [1.54, 1.807) is 108 Å². The molecular weight excluding hydrogens is 1390 g/mol. The molecule has 3 atom stereocenters. The van der Waals surface area contributed by atoms with Crippen molar-refractivity contribution in [2.24, 2.45) is 34.3 Å². The van der Waals surface area contributed by atoms with Gasteiger partial charge in [-0.2, -0.15) is 35.3 Å². The standard InChI is InChI=1S/C27H34N6O4S.2C10H23NO2S.2C4H10O.9F2.FH/c1-21(19-36-2)20-37-14-4-15-38-16-13-30-27(35)25(17-23-5-3-12-29-18-23)31-26(34)11-8-22-6-9-24(10-7-22)32-33-28;2*1-10(8-12-2)9-13-5-3-6-14-7-4-11;2*1-3-4-5-2;9*1-2;/h3,5-12,17-18,21H,4,13-16,19-20H2,1-2H3,(H,30,35)(H,31,34);2*10H,3-9,11H2,1-2H3;2*3-4H2,1-2H3;;;;;;;;;;1H/b11-8+,25-17+;;;;;;;;;;;;;;. The van der Waals surface area contributed by atoms with Gasteiger partial charge >= 0.3 is 0 Å². The molecule has 0 radical (unpaired) electrons. The van der Waals surface area contributed by atoms with E-state index in [9.17, 15) is 9.59 Å². The summed E-state index contributed by atoms with van der Waals surface area (Å²) in [5, 5.41) is 9.03. The van der Waals surface area contributed by atoms with E-state index in [0.29, 0.717) is 55.4 Å². The molecule has 0 aliphatic rings. The van der Waals surface area contributed by atoms with Gasteiger partial charge in [-0.1, -0.05) is 70.1 Å². The summed E-state index contributed by atoms with van der Waals surface area (Å²) in [6.07, 6.45) is 13.2. The van der Waals surface area contributed by atoms with Crippen LogP contribution in [0, 0.1) is 17.8 Å².